The van der Waals surface area contributed by atoms with E-state index >= 15 is 0 Å². The zero-order valence-corrected chi connectivity index (χ0v) is 21.2. The van der Waals surface area contributed by atoms with Crippen molar-refractivity contribution in [3.8, 4) is 16.5 Å². The Bertz CT molecular complexity index is 1050. The first-order chi connectivity index (χ1) is 15.1. The van der Waals surface area contributed by atoms with E-state index in [1.54, 1.807) is 18.3 Å². The fourth-order valence-corrected chi connectivity index (χ4v) is 5.97. The molecule has 32 heavy (non-hydrogen) atoms. The number of thiazole rings is 1. The Hall–Kier alpha value is -1.87. The molecule has 0 atom stereocenters. The Morgan fingerprint density at radius 1 is 1.28 bits per heavy atom. The van der Waals surface area contributed by atoms with Crippen molar-refractivity contribution in [3.05, 3.63) is 40.4 Å². The Morgan fingerprint density at radius 2 is 2.06 bits per heavy atom. The van der Waals surface area contributed by atoms with E-state index < -0.39 is 0 Å². The third kappa shape index (κ3) is 5.73. The van der Waals surface area contributed by atoms with Crippen LogP contribution in [0.1, 0.15) is 43.0 Å². The Kier molecular flexibility index (Phi) is 8.76. The highest BCUT2D eigenvalue weighted by Crippen LogP contribution is 2.43. The maximum Gasteiger partial charge on any atom is 0.257 e. The number of halogens is 2. The van der Waals surface area contributed by atoms with Crippen molar-refractivity contribution < 1.29 is 9.53 Å². The van der Waals surface area contributed by atoms with Crippen molar-refractivity contribution in [3.63, 3.8) is 0 Å². The first-order valence-electron chi connectivity index (χ1n) is 10.4. The molecule has 172 valence electrons. The number of nitrogens with one attached hydrogen (secondary N) is 1. The van der Waals surface area contributed by atoms with Gasteiger partial charge in [-0.2, -0.15) is 0 Å². The van der Waals surface area contributed by atoms with Crippen LogP contribution in [0.25, 0.3) is 10.6 Å². The second-order valence-corrected chi connectivity index (χ2v) is 10.2. The minimum atomic E-state index is -0.238. The number of carbonyl (C=O) groups is 1. The molecule has 0 radical (unpaired) electrons. The van der Waals surface area contributed by atoms with Gasteiger partial charge in [0, 0.05) is 30.9 Å². The summed E-state index contributed by atoms with van der Waals surface area (Å²) in [6.07, 6.45) is 6.46. The third-order valence-corrected chi connectivity index (χ3v) is 7.71. The first-order valence-corrected chi connectivity index (χ1v) is 12.4. The maximum atomic E-state index is 12.8. The molecule has 0 spiro atoms. The van der Waals surface area contributed by atoms with Crippen molar-refractivity contribution in [1.82, 2.24) is 9.97 Å². The van der Waals surface area contributed by atoms with Gasteiger partial charge in [0.05, 0.1) is 16.3 Å². The van der Waals surface area contributed by atoms with Gasteiger partial charge in [0.25, 0.3) is 5.91 Å². The van der Waals surface area contributed by atoms with Crippen molar-refractivity contribution >= 4 is 62.7 Å². The van der Waals surface area contributed by atoms with E-state index in [-0.39, 0.29) is 18.3 Å². The minimum Gasteiger partial charge on any atom is -0.481 e. The topological polar surface area (TPSA) is 67.4 Å². The van der Waals surface area contributed by atoms with Crippen LogP contribution in [0.4, 0.5) is 10.1 Å². The molecule has 1 N–H and O–H groups in total. The zero-order chi connectivity index (χ0) is 21.8. The summed E-state index contributed by atoms with van der Waals surface area (Å²) in [7, 11) is 1.53. The number of thiophene rings is 1. The summed E-state index contributed by atoms with van der Waals surface area (Å²) in [5.41, 5.74) is 1.36. The van der Waals surface area contributed by atoms with Crippen LogP contribution in [0.3, 0.4) is 0 Å². The van der Waals surface area contributed by atoms with Crippen LogP contribution in [0.2, 0.25) is 4.34 Å². The molecule has 3 aromatic rings. The van der Waals surface area contributed by atoms with Crippen molar-refractivity contribution in [2.45, 2.75) is 32.6 Å². The van der Waals surface area contributed by atoms with E-state index in [2.05, 4.69) is 22.1 Å². The van der Waals surface area contributed by atoms with Crippen LogP contribution in [-0.2, 0) is 0 Å². The number of carbonyl (C=O) groups excluding carboxylic acids is 1. The van der Waals surface area contributed by atoms with Crippen LogP contribution >= 0.6 is 46.7 Å². The fourth-order valence-electron chi connectivity index (χ4n) is 3.85. The lowest BCUT2D eigenvalue weighted by Crippen LogP contribution is -2.33. The lowest BCUT2D eigenvalue weighted by Gasteiger charge is -2.32. The molecule has 1 fully saturated rings. The van der Waals surface area contributed by atoms with Crippen LogP contribution in [-0.4, -0.2) is 36.1 Å². The monoisotopic (exact) mass is 512 g/mol. The van der Waals surface area contributed by atoms with Crippen LogP contribution < -0.4 is 15.0 Å². The predicted octanol–water partition coefficient (Wildman–Crippen LogP) is 6.62. The number of aromatic nitrogens is 2. The molecule has 1 aliphatic heterocycles. The number of hydrogen-bond acceptors (Lipinski definition) is 7. The number of amides is 1. The van der Waals surface area contributed by atoms with E-state index in [1.165, 1.54) is 55.5 Å². The molecule has 1 aliphatic rings. The Morgan fingerprint density at radius 3 is 2.72 bits per heavy atom. The minimum absolute atomic E-state index is 0. The summed E-state index contributed by atoms with van der Waals surface area (Å²) >= 11 is 9.22. The molecule has 1 saturated heterocycles. The lowest BCUT2D eigenvalue weighted by atomic mass is 9.92. The van der Waals surface area contributed by atoms with Crippen LogP contribution in [0.15, 0.2) is 30.5 Å². The van der Waals surface area contributed by atoms with E-state index in [4.69, 9.17) is 21.3 Å². The molecule has 0 bridgehead atoms. The average molecular weight is 514 g/mol. The summed E-state index contributed by atoms with van der Waals surface area (Å²) in [5.74, 6) is 0.962. The van der Waals surface area contributed by atoms with E-state index in [1.807, 2.05) is 12.1 Å². The van der Waals surface area contributed by atoms with Gasteiger partial charge in [-0.15, -0.1) is 23.7 Å². The number of rotatable bonds is 7. The number of ether oxygens (including phenoxy) is 1. The van der Waals surface area contributed by atoms with Gasteiger partial charge in [0.2, 0.25) is 5.88 Å². The first kappa shape index (κ1) is 24.8. The van der Waals surface area contributed by atoms with E-state index in [0.717, 1.165) is 38.9 Å². The molecular weight excluding hydrogens is 487 g/mol. The fraction of sp³-hybridized carbons (Fsp3) is 0.409. The van der Waals surface area contributed by atoms with Gasteiger partial charge < -0.3 is 9.64 Å². The smallest absolute Gasteiger partial charge is 0.257 e. The number of nitrogens with zero attached hydrogens (tertiary/aromatic N) is 3. The summed E-state index contributed by atoms with van der Waals surface area (Å²) in [6, 6.07) is 7.15. The standard InChI is InChI=1S/C22H25ClN4O2S2.ClH/c1-3-4-14-8-11-27(12-9-14)21-19(16-5-6-17(23)30-16)25-22(31-21)26-20(28)15-7-10-24-18(13-15)29-2;/h5-7,10,13-14H,3-4,8-9,11-12H2,1-2H3,(H,25,26,28);1H. The second kappa shape index (κ2) is 11.3. The van der Waals surface area contributed by atoms with E-state index in [9.17, 15) is 4.79 Å². The lowest BCUT2D eigenvalue weighted by molar-refractivity contribution is 0.102. The summed E-state index contributed by atoms with van der Waals surface area (Å²) in [4.78, 5) is 25.0. The summed E-state index contributed by atoms with van der Waals surface area (Å²) < 4.78 is 5.85. The number of piperidine rings is 1. The highest BCUT2D eigenvalue weighted by Gasteiger charge is 2.25. The molecule has 0 unspecified atom stereocenters. The molecule has 6 nitrogen and oxygen atoms in total. The molecular formula is C22H26Cl2N4O2S2. The maximum absolute atomic E-state index is 12.8. The summed E-state index contributed by atoms with van der Waals surface area (Å²) in [6.45, 7) is 4.27. The molecule has 1 amide bonds. The van der Waals surface area contributed by atoms with Gasteiger partial charge in [0.15, 0.2) is 5.13 Å². The van der Waals surface area contributed by atoms with E-state index in [0.29, 0.717) is 16.6 Å². The van der Waals surface area contributed by atoms with Crippen molar-refractivity contribution in [2.24, 2.45) is 5.92 Å². The largest absolute Gasteiger partial charge is 0.481 e. The Labute approximate surface area is 207 Å². The van der Waals surface area contributed by atoms with Gasteiger partial charge in [-0.1, -0.05) is 42.7 Å². The van der Waals surface area contributed by atoms with Gasteiger partial charge in [-0.25, -0.2) is 9.97 Å². The molecule has 0 saturated carbocycles. The highest BCUT2D eigenvalue weighted by molar-refractivity contribution is 7.22. The Balaban J connectivity index is 0.00000289. The molecule has 0 aromatic carbocycles. The molecule has 4 heterocycles. The molecule has 0 aliphatic carbocycles. The normalized spacial score (nSPS) is 14.2. The van der Waals surface area contributed by atoms with Crippen molar-refractivity contribution in [2.75, 3.05) is 30.4 Å². The summed E-state index contributed by atoms with van der Waals surface area (Å²) in [5, 5.41) is 4.61. The number of methoxy groups -OCH3 is 1. The van der Waals surface area contributed by atoms with Crippen LogP contribution in [0.5, 0.6) is 5.88 Å². The number of anilines is 2. The second-order valence-electron chi connectivity index (χ2n) is 7.54. The van der Waals surface area contributed by atoms with Crippen molar-refractivity contribution in [1.29, 1.82) is 0 Å². The SMILES string of the molecule is CCCC1CCN(c2sc(NC(=O)c3ccnc(OC)c3)nc2-c2ccc(Cl)s2)CC1.Cl. The molecule has 4 rings (SSSR count). The highest BCUT2D eigenvalue weighted by atomic mass is 35.5. The molecule has 10 heteroatoms. The molecule has 3 aromatic heterocycles. The number of hydrogen-bond donors (Lipinski definition) is 1. The van der Waals surface area contributed by atoms with Gasteiger partial charge in [0.1, 0.15) is 10.7 Å². The van der Waals surface area contributed by atoms with Gasteiger partial charge >= 0.3 is 0 Å². The third-order valence-electron chi connectivity index (χ3n) is 5.44. The quantitative estimate of drug-likeness (QED) is 0.385. The average Bonchev–Trinajstić information content (AvgIpc) is 3.40. The number of pyridine rings is 1. The van der Waals surface area contributed by atoms with Crippen LogP contribution in [0, 0.1) is 5.92 Å². The predicted molar refractivity (Wildman–Crippen MR) is 136 cm³/mol. The van der Waals surface area contributed by atoms with Gasteiger partial charge in [-0.3, -0.25) is 10.1 Å². The van der Waals surface area contributed by atoms with Gasteiger partial charge in [-0.05, 0) is 37.0 Å². The zero-order valence-electron chi connectivity index (χ0n) is 18.0.